The summed E-state index contributed by atoms with van der Waals surface area (Å²) >= 11 is 13.2. The highest BCUT2D eigenvalue weighted by Crippen LogP contribution is 2.48. The molecule has 3 rings (SSSR count). The second-order valence-corrected chi connectivity index (χ2v) is 5.37. The van der Waals surface area contributed by atoms with Gasteiger partial charge in [0, 0.05) is 6.20 Å². The zero-order chi connectivity index (χ0) is 15.0. The summed E-state index contributed by atoms with van der Waals surface area (Å²) < 4.78 is 8.23. The summed E-state index contributed by atoms with van der Waals surface area (Å²) in [5.41, 5.74) is 1.82. The van der Waals surface area contributed by atoms with Crippen LogP contribution in [0.5, 0.6) is 0 Å². The molecule has 0 saturated carbocycles. The molecule has 0 unspecified atom stereocenters. The maximum Gasteiger partial charge on any atom is 0.337 e. The molecule has 6 nitrogen and oxygen atoms in total. The minimum atomic E-state index is -1.07. The van der Waals surface area contributed by atoms with Crippen molar-refractivity contribution >= 4 is 63.3 Å². The first-order valence-electron chi connectivity index (χ1n) is 5.62. The van der Waals surface area contributed by atoms with Crippen LogP contribution in [-0.2, 0) is 11.4 Å². The molecule has 0 atom stereocenters. The lowest BCUT2D eigenvalue weighted by Crippen LogP contribution is -2.03. The molecule has 21 heavy (non-hydrogen) atoms. The monoisotopic (exact) mass is 340 g/mol. The number of pyridine rings is 1. The topological polar surface area (TPSA) is 86.9 Å². The molecule has 1 aromatic carbocycles. The molecule has 0 saturated heterocycles. The first kappa shape index (κ1) is 14.0. The third kappa shape index (κ3) is 2.51. The van der Waals surface area contributed by atoms with Crippen molar-refractivity contribution in [1.82, 2.24) is 4.98 Å². The van der Waals surface area contributed by atoms with Crippen LogP contribution in [0.3, 0.4) is 0 Å². The molecule has 0 aliphatic carbocycles. The zero-order valence-corrected chi connectivity index (χ0v) is 12.5. The largest absolute Gasteiger partial charge is 0.478 e. The Labute approximate surface area is 132 Å². The van der Waals surface area contributed by atoms with E-state index in [1.54, 1.807) is 0 Å². The zero-order valence-electron chi connectivity index (χ0n) is 10.2. The lowest BCUT2D eigenvalue weighted by Gasteiger charge is -2.13. The van der Waals surface area contributed by atoms with Crippen LogP contribution in [-0.4, -0.2) is 16.1 Å². The maximum atomic E-state index is 11.2. The van der Waals surface area contributed by atoms with Crippen molar-refractivity contribution < 1.29 is 9.90 Å². The number of rotatable bonds is 3. The van der Waals surface area contributed by atoms with E-state index in [1.165, 1.54) is 24.5 Å². The average molecular weight is 341 g/mol. The lowest BCUT2D eigenvalue weighted by atomic mass is 10.2. The second kappa shape index (κ2) is 5.44. The molecule has 1 aromatic heterocycles. The Morgan fingerprint density at radius 2 is 2.00 bits per heavy atom. The van der Waals surface area contributed by atoms with Gasteiger partial charge in [-0.2, -0.15) is 8.73 Å². The minimum absolute atomic E-state index is 0.0763. The van der Waals surface area contributed by atoms with E-state index in [4.69, 9.17) is 23.2 Å². The number of fused-ring (bicyclic) bond motifs is 1. The molecule has 0 amide bonds. The molecule has 106 valence electrons. The van der Waals surface area contributed by atoms with Gasteiger partial charge in [0.05, 0.1) is 44.5 Å². The molecular formula is C12H6Cl2N4O2S. The summed E-state index contributed by atoms with van der Waals surface area (Å²) in [5.74, 6) is -1.07. The Hall–Kier alpha value is -1.96. The van der Waals surface area contributed by atoms with Crippen molar-refractivity contribution in [3.63, 3.8) is 0 Å². The highest BCUT2D eigenvalue weighted by molar-refractivity contribution is 7.58. The third-order valence-electron chi connectivity index (χ3n) is 2.75. The smallest absolute Gasteiger partial charge is 0.337 e. The van der Waals surface area contributed by atoms with Crippen LogP contribution < -0.4 is 5.32 Å². The van der Waals surface area contributed by atoms with Crippen molar-refractivity contribution in [2.45, 2.75) is 0 Å². The lowest BCUT2D eigenvalue weighted by molar-refractivity contribution is 0.0698. The first-order valence-corrected chi connectivity index (χ1v) is 7.11. The summed E-state index contributed by atoms with van der Waals surface area (Å²) in [4.78, 5) is 15.1. The number of halogens is 2. The van der Waals surface area contributed by atoms with Crippen molar-refractivity contribution in [1.29, 1.82) is 0 Å². The van der Waals surface area contributed by atoms with Crippen LogP contribution in [0.1, 0.15) is 10.4 Å². The van der Waals surface area contributed by atoms with Gasteiger partial charge < -0.3 is 10.4 Å². The van der Waals surface area contributed by atoms with E-state index < -0.39 is 5.97 Å². The summed E-state index contributed by atoms with van der Waals surface area (Å²) in [5, 5.41) is 12.8. The van der Waals surface area contributed by atoms with Crippen LogP contribution >= 0.6 is 23.2 Å². The summed E-state index contributed by atoms with van der Waals surface area (Å²) in [6.07, 6.45) is 2.80. The predicted octanol–water partition coefficient (Wildman–Crippen LogP) is 4.56. The number of nitrogens with one attached hydrogen (secondary N) is 1. The highest BCUT2D eigenvalue weighted by Gasteiger charge is 2.20. The molecule has 2 aromatic rings. The summed E-state index contributed by atoms with van der Waals surface area (Å²) in [6.45, 7) is 0. The quantitative estimate of drug-likeness (QED) is 0.731. The average Bonchev–Trinajstić information content (AvgIpc) is 2.93. The van der Waals surface area contributed by atoms with Crippen molar-refractivity contribution in [3.05, 3.63) is 40.1 Å². The third-order valence-corrected chi connectivity index (χ3v) is 3.87. The standard InChI is InChI=1S/C12H6Cl2N4O2S/c13-6-3-7(14)10-11(18-21-17-10)9(6)16-8-4-15-2-1-5(8)12(19)20/h1-4,16H,(H,19,20). The predicted molar refractivity (Wildman–Crippen MR) is 82.5 cm³/mol. The molecule has 0 spiro atoms. The van der Waals surface area contributed by atoms with Gasteiger partial charge in [0.25, 0.3) is 0 Å². The number of hydrogen-bond acceptors (Lipinski definition) is 5. The number of carbonyl (C=O) groups is 1. The number of aromatic nitrogens is 1. The highest BCUT2D eigenvalue weighted by atomic mass is 35.5. The van der Waals surface area contributed by atoms with Gasteiger partial charge in [0.2, 0.25) is 0 Å². The van der Waals surface area contributed by atoms with Crippen molar-refractivity contribution in [2.24, 2.45) is 8.73 Å². The van der Waals surface area contributed by atoms with Crippen LogP contribution in [0.25, 0.3) is 0 Å². The van der Waals surface area contributed by atoms with Gasteiger partial charge in [0.1, 0.15) is 11.4 Å². The number of carboxylic acids is 1. The number of benzene rings is 1. The molecule has 1 aliphatic heterocycles. The van der Waals surface area contributed by atoms with E-state index in [0.29, 0.717) is 32.8 Å². The van der Waals surface area contributed by atoms with Crippen molar-refractivity contribution in [2.75, 3.05) is 5.32 Å². The fraction of sp³-hybridized carbons (Fsp3) is 0. The van der Waals surface area contributed by atoms with E-state index in [0.717, 1.165) is 11.4 Å². The van der Waals surface area contributed by atoms with E-state index in [2.05, 4.69) is 19.0 Å². The molecule has 0 bridgehead atoms. The summed E-state index contributed by atoms with van der Waals surface area (Å²) in [7, 11) is 0. The Morgan fingerprint density at radius 3 is 2.76 bits per heavy atom. The first-order chi connectivity index (χ1) is 10.1. The van der Waals surface area contributed by atoms with Gasteiger partial charge in [-0.25, -0.2) is 4.79 Å². The number of carboxylic acid groups (broad SMARTS) is 1. The van der Waals surface area contributed by atoms with E-state index in [-0.39, 0.29) is 5.56 Å². The van der Waals surface area contributed by atoms with Gasteiger partial charge in [-0.15, -0.1) is 0 Å². The molecule has 2 heterocycles. The molecule has 0 fully saturated rings. The molecule has 1 aliphatic rings. The number of nitrogens with zero attached hydrogens (tertiary/aromatic N) is 3. The second-order valence-electron chi connectivity index (χ2n) is 4.03. The molecule has 0 radical (unpaired) electrons. The Kier molecular flexibility index (Phi) is 3.62. The van der Waals surface area contributed by atoms with Gasteiger partial charge >= 0.3 is 5.97 Å². The Bertz CT molecular complexity index is 834. The SMILES string of the molecule is O=C(O)c1ccncc1Nc1c(Cl)cc(Cl)c2c1N=S=N2. The minimum Gasteiger partial charge on any atom is -0.478 e. The summed E-state index contributed by atoms with van der Waals surface area (Å²) in [6, 6.07) is 2.93. The molecular weight excluding hydrogens is 335 g/mol. The van der Waals surface area contributed by atoms with Crippen LogP contribution in [0.2, 0.25) is 10.0 Å². The van der Waals surface area contributed by atoms with Gasteiger partial charge in [-0.1, -0.05) is 23.2 Å². The van der Waals surface area contributed by atoms with Crippen molar-refractivity contribution in [3.8, 4) is 0 Å². The molecule has 9 heteroatoms. The normalized spacial score (nSPS) is 11.9. The Balaban J connectivity index is 2.11. The van der Waals surface area contributed by atoms with Crippen LogP contribution in [0.4, 0.5) is 22.7 Å². The maximum absolute atomic E-state index is 11.2. The van der Waals surface area contributed by atoms with E-state index in [1.807, 2.05) is 0 Å². The number of aromatic carboxylic acids is 1. The Morgan fingerprint density at radius 1 is 1.24 bits per heavy atom. The number of hydrogen-bond donors (Lipinski definition) is 2. The van der Waals surface area contributed by atoms with Gasteiger partial charge in [-0.3, -0.25) is 4.98 Å². The fourth-order valence-electron chi connectivity index (χ4n) is 1.81. The van der Waals surface area contributed by atoms with E-state index >= 15 is 0 Å². The van der Waals surface area contributed by atoms with E-state index in [9.17, 15) is 9.90 Å². The van der Waals surface area contributed by atoms with Crippen LogP contribution in [0.15, 0.2) is 33.3 Å². The number of anilines is 2. The molecule has 2 N–H and O–H groups in total. The van der Waals surface area contributed by atoms with Gasteiger partial charge in [-0.05, 0) is 12.1 Å². The fourth-order valence-corrected chi connectivity index (χ4v) is 2.97. The van der Waals surface area contributed by atoms with Gasteiger partial charge in [0.15, 0.2) is 0 Å². The van der Waals surface area contributed by atoms with Crippen LogP contribution in [0, 0.1) is 0 Å².